The van der Waals surface area contributed by atoms with Crippen molar-refractivity contribution in [3.8, 4) is 0 Å². The van der Waals surface area contributed by atoms with E-state index in [1.807, 2.05) is 11.8 Å². The molecule has 1 aliphatic heterocycles. The van der Waals surface area contributed by atoms with Crippen LogP contribution in [-0.4, -0.2) is 42.5 Å². The molecular weight excluding hydrogens is 268 g/mol. The van der Waals surface area contributed by atoms with Crippen LogP contribution in [0.5, 0.6) is 0 Å². The highest BCUT2D eigenvalue weighted by Crippen LogP contribution is 2.27. The number of nitrogens with zero attached hydrogens (tertiary/aromatic N) is 1. The monoisotopic (exact) mass is 296 g/mol. The van der Waals surface area contributed by atoms with Crippen molar-refractivity contribution in [2.45, 2.75) is 57.9 Å². The molecule has 21 heavy (non-hydrogen) atoms. The Kier molecular flexibility index (Phi) is 6.03. The van der Waals surface area contributed by atoms with E-state index in [1.165, 1.54) is 12.8 Å². The third kappa shape index (κ3) is 4.43. The molecule has 2 fully saturated rings. The van der Waals surface area contributed by atoms with E-state index in [4.69, 9.17) is 10.5 Å². The fourth-order valence-electron chi connectivity index (χ4n) is 3.47. The maximum Gasteiger partial charge on any atom is 0.309 e. The lowest BCUT2D eigenvalue weighted by molar-refractivity contribution is -0.151. The van der Waals surface area contributed by atoms with Crippen molar-refractivity contribution in [1.82, 2.24) is 4.90 Å². The van der Waals surface area contributed by atoms with E-state index < -0.39 is 0 Å². The zero-order valence-electron chi connectivity index (χ0n) is 13.1. The van der Waals surface area contributed by atoms with Crippen LogP contribution in [0.3, 0.4) is 0 Å². The average Bonchev–Trinajstić information content (AvgIpc) is 2.50. The molecule has 2 N–H and O–H groups in total. The van der Waals surface area contributed by atoms with Crippen molar-refractivity contribution in [3.05, 3.63) is 0 Å². The molecule has 2 aliphatic rings. The number of esters is 1. The molecule has 0 spiro atoms. The van der Waals surface area contributed by atoms with E-state index >= 15 is 0 Å². The second-order valence-corrected chi connectivity index (χ2v) is 6.32. The lowest BCUT2D eigenvalue weighted by atomic mass is 9.82. The van der Waals surface area contributed by atoms with Crippen LogP contribution in [0, 0.1) is 11.8 Å². The van der Waals surface area contributed by atoms with Crippen molar-refractivity contribution in [3.63, 3.8) is 0 Å². The Hall–Kier alpha value is -1.10. The molecule has 2 rings (SSSR count). The third-order valence-electron chi connectivity index (χ3n) is 4.87. The summed E-state index contributed by atoms with van der Waals surface area (Å²) in [7, 11) is 0. The van der Waals surface area contributed by atoms with Gasteiger partial charge in [-0.15, -0.1) is 0 Å². The van der Waals surface area contributed by atoms with Crippen LogP contribution in [0.25, 0.3) is 0 Å². The number of amides is 1. The van der Waals surface area contributed by atoms with Gasteiger partial charge in [0.25, 0.3) is 0 Å². The highest BCUT2D eigenvalue weighted by Gasteiger charge is 2.30. The Morgan fingerprint density at radius 3 is 2.43 bits per heavy atom. The number of piperidine rings is 1. The molecule has 1 saturated carbocycles. The molecule has 0 radical (unpaired) electrons. The van der Waals surface area contributed by atoms with Gasteiger partial charge in [0.1, 0.15) is 0 Å². The average molecular weight is 296 g/mol. The number of carbonyl (C=O) groups excluding carboxylic acids is 2. The van der Waals surface area contributed by atoms with Crippen LogP contribution in [-0.2, 0) is 14.3 Å². The van der Waals surface area contributed by atoms with E-state index in [2.05, 4.69) is 0 Å². The second kappa shape index (κ2) is 7.78. The van der Waals surface area contributed by atoms with E-state index in [0.717, 1.165) is 25.7 Å². The highest BCUT2D eigenvalue weighted by molar-refractivity contribution is 5.77. The lowest BCUT2D eigenvalue weighted by Gasteiger charge is -2.34. The summed E-state index contributed by atoms with van der Waals surface area (Å²) < 4.78 is 5.05. The van der Waals surface area contributed by atoms with Crippen LogP contribution in [0.15, 0.2) is 0 Å². The summed E-state index contributed by atoms with van der Waals surface area (Å²) >= 11 is 0. The molecule has 5 nitrogen and oxygen atoms in total. The summed E-state index contributed by atoms with van der Waals surface area (Å²) in [6, 6.07) is 0.180. The summed E-state index contributed by atoms with van der Waals surface area (Å²) in [6.45, 7) is 3.59. The Bertz CT molecular complexity index is 365. The Morgan fingerprint density at radius 2 is 1.81 bits per heavy atom. The highest BCUT2D eigenvalue weighted by atomic mass is 16.5. The summed E-state index contributed by atoms with van der Waals surface area (Å²) in [5.41, 5.74) is 6.12. The molecule has 2 atom stereocenters. The summed E-state index contributed by atoms with van der Waals surface area (Å²) in [4.78, 5) is 26.0. The number of hydrogen-bond acceptors (Lipinski definition) is 4. The molecule has 0 aromatic rings. The van der Waals surface area contributed by atoms with Crippen LogP contribution < -0.4 is 5.73 Å². The minimum absolute atomic E-state index is 0.0362. The summed E-state index contributed by atoms with van der Waals surface area (Å²) in [5.74, 6) is 0.401. The molecule has 1 heterocycles. The van der Waals surface area contributed by atoms with Gasteiger partial charge in [-0.05, 0) is 38.5 Å². The van der Waals surface area contributed by atoms with E-state index in [-0.39, 0.29) is 23.8 Å². The molecular formula is C16H28N2O3. The largest absolute Gasteiger partial charge is 0.466 e. The van der Waals surface area contributed by atoms with Crippen molar-refractivity contribution in [2.24, 2.45) is 17.6 Å². The van der Waals surface area contributed by atoms with E-state index in [9.17, 15) is 9.59 Å². The van der Waals surface area contributed by atoms with Gasteiger partial charge in [-0.3, -0.25) is 9.59 Å². The first-order valence-electron chi connectivity index (χ1n) is 8.31. The number of hydrogen-bond donors (Lipinski definition) is 1. The fourth-order valence-corrected chi connectivity index (χ4v) is 3.47. The minimum Gasteiger partial charge on any atom is -0.466 e. The van der Waals surface area contributed by atoms with E-state index in [0.29, 0.717) is 32.0 Å². The third-order valence-corrected chi connectivity index (χ3v) is 4.87. The van der Waals surface area contributed by atoms with Gasteiger partial charge in [0.15, 0.2) is 0 Å². The Morgan fingerprint density at radius 1 is 1.14 bits per heavy atom. The number of nitrogens with two attached hydrogens (primary N) is 1. The van der Waals surface area contributed by atoms with Gasteiger partial charge in [0, 0.05) is 25.6 Å². The second-order valence-electron chi connectivity index (χ2n) is 6.32. The molecule has 0 aromatic carbocycles. The van der Waals surface area contributed by atoms with Crippen LogP contribution in [0.1, 0.15) is 51.9 Å². The quantitative estimate of drug-likeness (QED) is 0.801. The topological polar surface area (TPSA) is 72.6 Å². The predicted octanol–water partition coefficient (Wildman–Crippen LogP) is 1.70. The summed E-state index contributed by atoms with van der Waals surface area (Å²) in [6.07, 6.45) is 6.52. The van der Waals surface area contributed by atoms with Crippen LogP contribution in [0.2, 0.25) is 0 Å². The van der Waals surface area contributed by atoms with Crippen LogP contribution in [0.4, 0.5) is 0 Å². The standard InChI is InChI=1S/C16H28N2O3/c1-2-21-16(20)12-7-9-18(10-8-12)15(19)11-13-5-3-4-6-14(13)17/h12-14H,2-11,17H2,1H3. The smallest absolute Gasteiger partial charge is 0.309 e. The zero-order chi connectivity index (χ0) is 15.2. The van der Waals surface area contributed by atoms with Crippen molar-refractivity contribution < 1.29 is 14.3 Å². The number of carbonyl (C=O) groups is 2. The Labute approximate surface area is 127 Å². The van der Waals surface area contributed by atoms with Gasteiger partial charge in [-0.25, -0.2) is 0 Å². The van der Waals surface area contributed by atoms with Crippen LogP contribution >= 0.6 is 0 Å². The lowest BCUT2D eigenvalue weighted by Crippen LogP contribution is -2.43. The maximum absolute atomic E-state index is 12.4. The number of likely N-dealkylation sites (tertiary alicyclic amines) is 1. The van der Waals surface area contributed by atoms with Gasteiger partial charge in [-0.2, -0.15) is 0 Å². The number of ether oxygens (including phenoxy) is 1. The number of rotatable bonds is 4. The molecule has 0 bridgehead atoms. The molecule has 5 heteroatoms. The predicted molar refractivity (Wildman–Crippen MR) is 80.5 cm³/mol. The zero-order valence-corrected chi connectivity index (χ0v) is 13.1. The Balaban J connectivity index is 1.76. The van der Waals surface area contributed by atoms with Gasteiger partial charge in [-0.1, -0.05) is 12.8 Å². The molecule has 2 unspecified atom stereocenters. The molecule has 0 aromatic heterocycles. The molecule has 1 saturated heterocycles. The van der Waals surface area contributed by atoms with Crippen molar-refractivity contribution in [2.75, 3.05) is 19.7 Å². The van der Waals surface area contributed by atoms with Crippen molar-refractivity contribution in [1.29, 1.82) is 0 Å². The first-order valence-corrected chi connectivity index (χ1v) is 8.31. The molecule has 1 amide bonds. The normalized spacial score (nSPS) is 27.4. The van der Waals surface area contributed by atoms with Gasteiger partial charge in [0.2, 0.25) is 5.91 Å². The fraction of sp³-hybridized carbons (Fsp3) is 0.875. The van der Waals surface area contributed by atoms with Gasteiger partial charge < -0.3 is 15.4 Å². The van der Waals surface area contributed by atoms with Gasteiger partial charge >= 0.3 is 5.97 Å². The summed E-state index contributed by atoms with van der Waals surface area (Å²) in [5, 5.41) is 0. The maximum atomic E-state index is 12.4. The minimum atomic E-state index is -0.112. The SMILES string of the molecule is CCOC(=O)C1CCN(C(=O)CC2CCCCC2N)CC1. The molecule has 120 valence electrons. The first-order chi connectivity index (χ1) is 10.1. The van der Waals surface area contributed by atoms with E-state index in [1.54, 1.807) is 0 Å². The first kappa shape index (κ1) is 16.3. The van der Waals surface area contributed by atoms with Gasteiger partial charge in [0.05, 0.1) is 12.5 Å². The molecule has 1 aliphatic carbocycles. The van der Waals surface area contributed by atoms with Crippen molar-refractivity contribution >= 4 is 11.9 Å².